The Balaban J connectivity index is 1.90. The predicted molar refractivity (Wildman–Crippen MR) is 38.4 cm³/mol. The first-order valence-electron chi connectivity index (χ1n) is 4.54. The first-order valence-corrected chi connectivity index (χ1v) is 4.54. The standard InChI is InChI=1S/C9H11NO/c10-7(11)9-5-1-4-2-6(9)8(5,9)3-4/h4-6H,1-3H2,(H2,10,11). The van der Waals surface area contributed by atoms with Crippen LogP contribution in [0.3, 0.4) is 0 Å². The molecule has 2 nitrogen and oxygen atoms in total. The van der Waals surface area contributed by atoms with Gasteiger partial charge in [0.2, 0.25) is 5.91 Å². The Labute approximate surface area is 65.1 Å². The van der Waals surface area contributed by atoms with Crippen LogP contribution in [0, 0.1) is 28.6 Å². The number of carbonyl (C=O) groups is 1. The quantitative estimate of drug-likeness (QED) is 0.580. The van der Waals surface area contributed by atoms with Crippen molar-refractivity contribution in [2.45, 2.75) is 19.3 Å². The summed E-state index contributed by atoms with van der Waals surface area (Å²) in [7, 11) is 0. The smallest absolute Gasteiger partial charge is 0.224 e. The van der Waals surface area contributed by atoms with E-state index in [1.807, 2.05) is 0 Å². The van der Waals surface area contributed by atoms with E-state index in [-0.39, 0.29) is 11.3 Å². The van der Waals surface area contributed by atoms with Crippen LogP contribution in [-0.4, -0.2) is 5.91 Å². The van der Waals surface area contributed by atoms with Crippen molar-refractivity contribution in [3.8, 4) is 0 Å². The number of carbonyl (C=O) groups excluding carboxylic acids is 1. The molecule has 4 aliphatic carbocycles. The molecule has 11 heavy (non-hydrogen) atoms. The number of rotatable bonds is 1. The zero-order valence-electron chi connectivity index (χ0n) is 6.34. The highest BCUT2D eigenvalue weighted by molar-refractivity contribution is 5.93. The van der Waals surface area contributed by atoms with Crippen molar-refractivity contribution in [3.63, 3.8) is 0 Å². The number of fused-ring (bicyclic) bond motifs is 3. The van der Waals surface area contributed by atoms with Crippen molar-refractivity contribution in [1.82, 2.24) is 0 Å². The fraction of sp³-hybridized carbons (Fsp3) is 0.889. The normalized spacial score (nSPS) is 72.9. The van der Waals surface area contributed by atoms with Gasteiger partial charge in [0.1, 0.15) is 0 Å². The maximum absolute atomic E-state index is 11.2. The summed E-state index contributed by atoms with van der Waals surface area (Å²) < 4.78 is 0. The Hall–Kier alpha value is -0.530. The number of amides is 1. The van der Waals surface area contributed by atoms with E-state index >= 15 is 0 Å². The summed E-state index contributed by atoms with van der Waals surface area (Å²) in [5.74, 6) is 2.49. The molecule has 0 radical (unpaired) electrons. The Kier molecular flexibility index (Phi) is 0.456. The molecule has 4 aliphatic rings. The Morgan fingerprint density at radius 1 is 1.36 bits per heavy atom. The molecule has 0 saturated heterocycles. The van der Waals surface area contributed by atoms with E-state index in [1.165, 1.54) is 19.3 Å². The van der Waals surface area contributed by atoms with E-state index in [4.69, 9.17) is 5.73 Å². The molecule has 0 aromatic rings. The lowest BCUT2D eigenvalue weighted by Crippen LogP contribution is -2.29. The molecule has 2 bridgehead atoms. The highest BCUT2D eigenvalue weighted by Gasteiger charge is 3.03. The van der Waals surface area contributed by atoms with Gasteiger partial charge in [-0.2, -0.15) is 0 Å². The SMILES string of the molecule is NC(=O)C12C3CC4CC1C32C4. The monoisotopic (exact) mass is 149 g/mol. The number of hydrogen-bond donors (Lipinski definition) is 1. The molecule has 2 heteroatoms. The molecular weight excluding hydrogens is 138 g/mol. The zero-order valence-corrected chi connectivity index (χ0v) is 6.34. The maximum Gasteiger partial charge on any atom is 0.224 e. The first kappa shape index (κ1) is 5.18. The second kappa shape index (κ2) is 0.970. The molecule has 0 aliphatic heterocycles. The Morgan fingerprint density at radius 3 is 2.27 bits per heavy atom. The third-order valence-electron chi connectivity index (χ3n) is 5.12. The van der Waals surface area contributed by atoms with Gasteiger partial charge in [-0.05, 0) is 42.4 Å². The first-order chi connectivity index (χ1) is 5.24. The van der Waals surface area contributed by atoms with Crippen LogP contribution in [0.2, 0.25) is 0 Å². The molecule has 1 spiro atoms. The Bertz CT molecular complexity index is 282. The summed E-state index contributed by atoms with van der Waals surface area (Å²) in [5, 5.41) is 0. The van der Waals surface area contributed by atoms with Gasteiger partial charge in [-0.1, -0.05) is 0 Å². The van der Waals surface area contributed by atoms with Crippen molar-refractivity contribution < 1.29 is 4.79 Å². The van der Waals surface area contributed by atoms with Gasteiger partial charge in [0.15, 0.2) is 0 Å². The summed E-state index contributed by atoms with van der Waals surface area (Å²) in [5.41, 5.74) is 6.01. The van der Waals surface area contributed by atoms with Crippen molar-refractivity contribution in [3.05, 3.63) is 0 Å². The molecule has 2 unspecified atom stereocenters. The van der Waals surface area contributed by atoms with Gasteiger partial charge >= 0.3 is 0 Å². The van der Waals surface area contributed by atoms with Crippen LogP contribution >= 0.6 is 0 Å². The summed E-state index contributed by atoms with van der Waals surface area (Å²) in [6.07, 6.45) is 3.98. The highest BCUT2D eigenvalue weighted by Crippen LogP contribution is 3.04. The minimum absolute atomic E-state index is 0.0191. The van der Waals surface area contributed by atoms with Gasteiger partial charge in [0, 0.05) is 0 Å². The van der Waals surface area contributed by atoms with Gasteiger partial charge in [0.05, 0.1) is 5.41 Å². The van der Waals surface area contributed by atoms with E-state index in [0.29, 0.717) is 5.41 Å². The molecular formula is C9H11NO. The van der Waals surface area contributed by atoms with Gasteiger partial charge in [-0.25, -0.2) is 0 Å². The van der Waals surface area contributed by atoms with Crippen LogP contribution in [0.15, 0.2) is 0 Å². The third kappa shape index (κ3) is 0.235. The van der Waals surface area contributed by atoms with Crippen LogP contribution in [-0.2, 0) is 4.79 Å². The molecule has 0 heterocycles. The predicted octanol–water partition coefficient (Wildman–Crippen LogP) is 0.518. The van der Waals surface area contributed by atoms with Gasteiger partial charge in [-0.3, -0.25) is 4.79 Å². The molecule has 2 N–H and O–H groups in total. The van der Waals surface area contributed by atoms with E-state index in [1.54, 1.807) is 0 Å². The lowest BCUT2D eigenvalue weighted by molar-refractivity contribution is -0.123. The number of primary amides is 1. The van der Waals surface area contributed by atoms with Crippen LogP contribution in [0.1, 0.15) is 19.3 Å². The minimum atomic E-state index is 0.0191. The average molecular weight is 149 g/mol. The summed E-state index contributed by atoms with van der Waals surface area (Å²) in [6.45, 7) is 0. The van der Waals surface area contributed by atoms with E-state index < -0.39 is 0 Å². The lowest BCUT2D eigenvalue weighted by atomic mass is 9.81. The molecule has 4 saturated carbocycles. The average Bonchev–Trinajstić information content (AvgIpc) is 2.65. The number of nitrogens with two attached hydrogens (primary N) is 1. The molecule has 0 aromatic carbocycles. The zero-order chi connectivity index (χ0) is 7.43. The lowest BCUT2D eigenvalue weighted by Gasteiger charge is -2.23. The van der Waals surface area contributed by atoms with Crippen molar-refractivity contribution >= 4 is 5.91 Å². The van der Waals surface area contributed by atoms with Crippen molar-refractivity contribution in [2.75, 3.05) is 0 Å². The highest BCUT2D eigenvalue weighted by atomic mass is 16.1. The largest absolute Gasteiger partial charge is 0.369 e. The van der Waals surface area contributed by atoms with Gasteiger partial charge < -0.3 is 5.73 Å². The van der Waals surface area contributed by atoms with Gasteiger partial charge in [0.25, 0.3) is 0 Å². The summed E-state index contributed by atoms with van der Waals surface area (Å²) >= 11 is 0. The maximum atomic E-state index is 11.2. The van der Waals surface area contributed by atoms with E-state index in [2.05, 4.69) is 0 Å². The van der Waals surface area contributed by atoms with E-state index in [9.17, 15) is 4.79 Å². The van der Waals surface area contributed by atoms with Crippen LogP contribution in [0.25, 0.3) is 0 Å². The van der Waals surface area contributed by atoms with E-state index in [0.717, 1.165) is 17.8 Å². The topological polar surface area (TPSA) is 43.1 Å². The number of hydrogen-bond acceptors (Lipinski definition) is 1. The second-order valence-corrected chi connectivity index (χ2v) is 4.92. The fourth-order valence-electron chi connectivity index (χ4n) is 4.96. The van der Waals surface area contributed by atoms with Gasteiger partial charge in [-0.15, -0.1) is 0 Å². The Morgan fingerprint density at radius 2 is 2.00 bits per heavy atom. The van der Waals surface area contributed by atoms with Crippen LogP contribution in [0.5, 0.6) is 0 Å². The molecule has 1 amide bonds. The van der Waals surface area contributed by atoms with Crippen molar-refractivity contribution in [2.24, 2.45) is 34.3 Å². The summed E-state index contributed by atoms with van der Waals surface area (Å²) in [4.78, 5) is 11.2. The fourth-order valence-corrected chi connectivity index (χ4v) is 4.96. The molecule has 4 rings (SSSR count). The minimum Gasteiger partial charge on any atom is -0.369 e. The molecule has 2 atom stereocenters. The second-order valence-electron chi connectivity index (χ2n) is 4.92. The summed E-state index contributed by atoms with van der Waals surface area (Å²) in [6, 6.07) is 0. The molecule has 58 valence electrons. The third-order valence-corrected chi connectivity index (χ3v) is 5.12. The molecule has 4 fully saturated rings. The van der Waals surface area contributed by atoms with Crippen LogP contribution < -0.4 is 5.73 Å². The van der Waals surface area contributed by atoms with Crippen LogP contribution in [0.4, 0.5) is 0 Å². The van der Waals surface area contributed by atoms with Crippen molar-refractivity contribution in [1.29, 1.82) is 0 Å². The molecule has 0 aromatic heterocycles.